The van der Waals surface area contributed by atoms with Crippen LogP contribution in [0, 0.1) is 5.82 Å². The number of nitrogens with one attached hydrogen (secondary N) is 1. The van der Waals surface area contributed by atoms with E-state index in [-0.39, 0.29) is 11.7 Å². The van der Waals surface area contributed by atoms with Crippen molar-refractivity contribution >= 4 is 28.9 Å². The monoisotopic (exact) mass is 398 g/mol. The topological polar surface area (TPSA) is 69.0 Å². The van der Waals surface area contributed by atoms with E-state index in [4.69, 9.17) is 4.74 Å². The van der Waals surface area contributed by atoms with Crippen molar-refractivity contribution in [3.8, 4) is 10.9 Å². The fourth-order valence-electron chi connectivity index (χ4n) is 2.69. The van der Waals surface area contributed by atoms with Gasteiger partial charge in [-0.1, -0.05) is 24.0 Å². The molecule has 0 aliphatic carbocycles. The van der Waals surface area contributed by atoms with E-state index in [1.165, 1.54) is 23.5 Å². The molecule has 1 N–H and O–H groups in total. The first-order chi connectivity index (χ1) is 13.6. The molecule has 0 fully saturated rings. The number of amides is 1. The van der Waals surface area contributed by atoms with E-state index >= 15 is 0 Å². The molecule has 0 spiro atoms. The van der Waals surface area contributed by atoms with Crippen LogP contribution in [0.5, 0.6) is 5.19 Å². The molecule has 3 rings (SSSR count). The van der Waals surface area contributed by atoms with Crippen molar-refractivity contribution in [1.29, 1.82) is 0 Å². The van der Waals surface area contributed by atoms with Gasteiger partial charge in [-0.2, -0.15) is 5.10 Å². The number of nitrogens with zero attached hydrogens (tertiary/aromatic N) is 3. The van der Waals surface area contributed by atoms with E-state index < -0.39 is 0 Å². The van der Waals surface area contributed by atoms with Crippen molar-refractivity contribution in [3.63, 3.8) is 0 Å². The zero-order valence-electron chi connectivity index (χ0n) is 15.5. The number of benzene rings is 1. The first-order valence-electron chi connectivity index (χ1n) is 8.47. The first kappa shape index (κ1) is 19.5. The number of methoxy groups -OCH3 is 1. The van der Waals surface area contributed by atoms with Gasteiger partial charge in [0.2, 0.25) is 0 Å². The number of halogens is 1. The van der Waals surface area contributed by atoms with Crippen molar-refractivity contribution < 1.29 is 13.9 Å². The van der Waals surface area contributed by atoms with Gasteiger partial charge in [-0.05, 0) is 37.3 Å². The maximum atomic E-state index is 13.2. The summed E-state index contributed by atoms with van der Waals surface area (Å²) in [6.07, 6.45) is 6.62. The standard InChI is InChI=1S/C20H19FN4O2S/c1-4-16(19(26)22-10-15-11-23-20(27-3)28-15)17-12-24-25(18(17)5-2)14-8-6-13(21)7-9-14/h4-9,11-12H,2,10H2,1,3H3,(H,22,26)/b16-4+. The Morgan fingerprint density at radius 3 is 2.71 bits per heavy atom. The Morgan fingerprint density at radius 2 is 2.11 bits per heavy atom. The number of ether oxygens (including phenoxy) is 1. The van der Waals surface area contributed by atoms with Gasteiger partial charge in [0.25, 0.3) is 11.1 Å². The molecule has 0 aliphatic heterocycles. The van der Waals surface area contributed by atoms with Crippen molar-refractivity contribution in [2.45, 2.75) is 13.5 Å². The predicted octanol–water partition coefficient (Wildman–Crippen LogP) is 3.84. The molecule has 0 saturated heterocycles. The third-order valence-corrected chi connectivity index (χ3v) is 4.98. The van der Waals surface area contributed by atoms with Crippen LogP contribution >= 0.6 is 11.3 Å². The summed E-state index contributed by atoms with van der Waals surface area (Å²) in [6.45, 7) is 5.96. The van der Waals surface area contributed by atoms with Crippen molar-refractivity contribution in [3.05, 3.63) is 71.3 Å². The smallest absolute Gasteiger partial charge is 0.273 e. The van der Waals surface area contributed by atoms with Crippen LogP contribution in [0.4, 0.5) is 4.39 Å². The van der Waals surface area contributed by atoms with Crippen LogP contribution in [0.1, 0.15) is 23.1 Å². The highest BCUT2D eigenvalue weighted by molar-refractivity contribution is 7.13. The van der Waals surface area contributed by atoms with Crippen molar-refractivity contribution in [1.82, 2.24) is 20.1 Å². The Labute approximate surface area is 166 Å². The molecule has 0 radical (unpaired) electrons. The lowest BCUT2D eigenvalue weighted by molar-refractivity contribution is -0.115. The average Bonchev–Trinajstić information content (AvgIpc) is 3.34. The van der Waals surface area contributed by atoms with Crippen molar-refractivity contribution in [2.24, 2.45) is 0 Å². The SMILES string of the molecule is C=Cc1c(/C(=C\C)C(=O)NCc2cnc(OC)s2)cnn1-c1ccc(F)cc1. The van der Waals surface area contributed by atoms with Gasteiger partial charge in [-0.25, -0.2) is 14.1 Å². The summed E-state index contributed by atoms with van der Waals surface area (Å²) in [7, 11) is 1.55. The Morgan fingerprint density at radius 1 is 1.36 bits per heavy atom. The van der Waals surface area contributed by atoms with Gasteiger partial charge in [0.15, 0.2) is 0 Å². The van der Waals surface area contributed by atoms with E-state index in [1.807, 2.05) is 0 Å². The number of hydrogen-bond donors (Lipinski definition) is 1. The fraction of sp³-hybridized carbons (Fsp3) is 0.150. The van der Waals surface area contributed by atoms with Crippen LogP contribution in [0.25, 0.3) is 17.3 Å². The van der Waals surface area contributed by atoms with Gasteiger partial charge in [-0.3, -0.25) is 4.79 Å². The highest BCUT2D eigenvalue weighted by Gasteiger charge is 2.18. The molecule has 6 nitrogen and oxygen atoms in total. The Bertz CT molecular complexity index is 1020. The largest absolute Gasteiger partial charge is 0.473 e. The second-order valence-corrected chi connectivity index (χ2v) is 6.80. The molecular formula is C20H19FN4O2S. The molecule has 0 unspecified atom stereocenters. The number of aromatic nitrogens is 3. The minimum Gasteiger partial charge on any atom is -0.473 e. The second-order valence-electron chi connectivity index (χ2n) is 5.72. The Balaban J connectivity index is 1.82. The second kappa shape index (κ2) is 8.62. The quantitative estimate of drug-likeness (QED) is 0.614. The van der Waals surface area contributed by atoms with E-state index in [9.17, 15) is 9.18 Å². The van der Waals surface area contributed by atoms with Gasteiger partial charge in [0.05, 0.1) is 31.2 Å². The summed E-state index contributed by atoms with van der Waals surface area (Å²) in [5.41, 5.74) is 2.44. The minimum atomic E-state index is -0.329. The molecule has 144 valence electrons. The Kier molecular flexibility index (Phi) is 6.00. The normalized spacial score (nSPS) is 11.3. The molecule has 1 amide bonds. The van der Waals surface area contributed by atoms with Gasteiger partial charge in [0.1, 0.15) is 5.82 Å². The van der Waals surface area contributed by atoms with Crippen LogP contribution in [0.2, 0.25) is 0 Å². The lowest BCUT2D eigenvalue weighted by Gasteiger charge is -2.09. The molecule has 3 aromatic rings. The molecule has 8 heteroatoms. The van der Waals surface area contributed by atoms with E-state index in [0.29, 0.717) is 34.3 Å². The van der Waals surface area contributed by atoms with E-state index in [0.717, 1.165) is 4.88 Å². The number of carbonyl (C=O) groups excluding carboxylic acids is 1. The number of rotatable bonds is 7. The van der Waals surface area contributed by atoms with Gasteiger partial charge in [0, 0.05) is 22.2 Å². The lowest BCUT2D eigenvalue weighted by atomic mass is 10.1. The zero-order valence-corrected chi connectivity index (χ0v) is 16.3. The van der Waals surface area contributed by atoms with Gasteiger partial charge >= 0.3 is 0 Å². The summed E-state index contributed by atoms with van der Waals surface area (Å²) in [6, 6.07) is 5.95. The molecule has 28 heavy (non-hydrogen) atoms. The lowest BCUT2D eigenvalue weighted by Crippen LogP contribution is -2.23. The van der Waals surface area contributed by atoms with Crippen LogP contribution in [-0.4, -0.2) is 27.8 Å². The molecule has 2 aromatic heterocycles. The molecular weight excluding hydrogens is 379 g/mol. The van der Waals surface area contributed by atoms with E-state index in [1.54, 1.807) is 55.4 Å². The highest BCUT2D eigenvalue weighted by atomic mass is 32.1. The van der Waals surface area contributed by atoms with Crippen LogP contribution in [0.3, 0.4) is 0 Å². The fourth-order valence-corrected chi connectivity index (χ4v) is 3.35. The molecule has 0 aliphatic rings. The maximum absolute atomic E-state index is 13.2. The van der Waals surface area contributed by atoms with Crippen molar-refractivity contribution in [2.75, 3.05) is 7.11 Å². The summed E-state index contributed by atoms with van der Waals surface area (Å²) in [5, 5.41) is 7.78. The summed E-state index contributed by atoms with van der Waals surface area (Å²) >= 11 is 1.37. The highest BCUT2D eigenvalue weighted by Crippen LogP contribution is 2.24. The molecule has 0 saturated carbocycles. The predicted molar refractivity (Wildman–Crippen MR) is 108 cm³/mol. The zero-order chi connectivity index (χ0) is 20.1. The van der Waals surface area contributed by atoms with E-state index in [2.05, 4.69) is 22.0 Å². The maximum Gasteiger partial charge on any atom is 0.273 e. The number of hydrogen-bond acceptors (Lipinski definition) is 5. The minimum absolute atomic E-state index is 0.239. The molecule has 0 atom stereocenters. The summed E-state index contributed by atoms with van der Waals surface area (Å²) < 4.78 is 19.9. The van der Waals surface area contributed by atoms with Gasteiger partial charge < -0.3 is 10.1 Å². The third-order valence-electron chi connectivity index (χ3n) is 4.02. The van der Waals surface area contributed by atoms with Crippen LogP contribution < -0.4 is 10.1 Å². The molecule has 1 aromatic carbocycles. The molecule has 2 heterocycles. The Hall–Kier alpha value is -3.26. The van der Waals surface area contributed by atoms with Gasteiger partial charge in [-0.15, -0.1) is 0 Å². The number of carbonyl (C=O) groups is 1. The number of thiazole rings is 1. The summed E-state index contributed by atoms with van der Waals surface area (Å²) in [4.78, 5) is 17.7. The summed E-state index contributed by atoms with van der Waals surface area (Å²) in [5.74, 6) is -0.568. The third kappa shape index (κ3) is 4.01. The molecule has 0 bridgehead atoms. The average molecular weight is 398 g/mol. The van der Waals surface area contributed by atoms with Crippen LogP contribution in [0.15, 0.2) is 49.3 Å². The van der Waals surface area contributed by atoms with Crippen LogP contribution in [-0.2, 0) is 11.3 Å². The first-order valence-corrected chi connectivity index (χ1v) is 9.29. The number of allylic oxidation sites excluding steroid dienone is 1.